The normalized spacial score (nSPS) is 23.5. The number of hydrogen-bond acceptors (Lipinski definition) is 7. The van der Waals surface area contributed by atoms with Crippen molar-refractivity contribution < 1.29 is 29.9 Å². The van der Waals surface area contributed by atoms with Crippen LogP contribution in [0.5, 0.6) is 0 Å². The second kappa shape index (κ2) is 8.24. The van der Waals surface area contributed by atoms with Gasteiger partial charge in [-0.05, 0) is 27.2 Å². The van der Waals surface area contributed by atoms with Crippen molar-refractivity contribution in [2.75, 3.05) is 31.1 Å². The maximum Gasteiger partial charge on any atom is 0.315 e. The maximum atomic E-state index is 14.5. The van der Waals surface area contributed by atoms with Gasteiger partial charge >= 0.3 is 10.1 Å². The Kier molecular flexibility index (Phi) is 6.33. The number of halogens is 2. The molecule has 0 aromatic heterocycles. The molecule has 2 N–H and O–H groups in total. The van der Waals surface area contributed by atoms with Crippen LogP contribution in [0.3, 0.4) is 0 Å². The van der Waals surface area contributed by atoms with E-state index in [0.717, 1.165) is 17.2 Å². The third-order valence-corrected chi connectivity index (χ3v) is 9.13. The van der Waals surface area contributed by atoms with E-state index in [0.29, 0.717) is 12.5 Å². The first-order valence-electron chi connectivity index (χ1n) is 9.54. The van der Waals surface area contributed by atoms with Gasteiger partial charge in [-0.1, -0.05) is 23.3 Å². The molecule has 1 atom stereocenters. The Balaban J connectivity index is 1.80. The molecule has 1 aliphatic carbocycles. The van der Waals surface area contributed by atoms with Crippen LogP contribution in [0.15, 0.2) is 40.3 Å². The van der Waals surface area contributed by atoms with Crippen LogP contribution in [0.2, 0.25) is 0 Å². The molecule has 0 saturated carbocycles. The highest BCUT2D eigenvalue weighted by atomic mass is 32.2. The van der Waals surface area contributed by atoms with E-state index in [1.807, 2.05) is 19.9 Å². The molecule has 0 spiro atoms. The Morgan fingerprint density at radius 1 is 1.03 bits per heavy atom. The predicted octanol–water partition coefficient (Wildman–Crippen LogP) is 2.05. The van der Waals surface area contributed by atoms with E-state index in [4.69, 9.17) is 0 Å². The monoisotopic (exact) mass is 477 g/mol. The van der Waals surface area contributed by atoms with Gasteiger partial charge < -0.3 is 4.90 Å². The van der Waals surface area contributed by atoms with Crippen molar-refractivity contribution in [1.82, 2.24) is 4.31 Å². The summed E-state index contributed by atoms with van der Waals surface area (Å²) in [7, 11) is -8.30. The second-order valence-electron chi connectivity index (χ2n) is 8.04. The smallest absolute Gasteiger partial charge is 0.315 e. The number of allylic oxidation sites excluding steroid dienone is 3. The van der Waals surface area contributed by atoms with Crippen molar-refractivity contribution >= 4 is 25.8 Å². The molecule has 3 rings (SSSR count). The van der Waals surface area contributed by atoms with Gasteiger partial charge in [0.25, 0.3) is 0 Å². The van der Waals surface area contributed by atoms with Gasteiger partial charge in [0.15, 0.2) is 0 Å². The van der Waals surface area contributed by atoms with Crippen LogP contribution in [0.25, 0.3) is 0 Å². The van der Waals surface area contributed by atoms with E-state index in [1.165, 1.54) is 9.21 Å². The minimum Gasteiger partial charge on any atom is -0.366 e. The van der Waals surface area contributed by atoms with Crippen molar-refractivity contribution in [2.45, 2.75) is 36.8 Å². The summed E-state index contributed by atoms with van der Waals surface area (Å²) in [5.74, 6) is 2.43. The molecule has 0 amide bonds. The number of benzene rings is 1. The van der Waals surface area contributed by atoms with Crippen molar-refractivity contribution in [2.24, 2.45) is 5.90 Å². The molecule has 1 fully saturated rings. The van der Waals surface area contributed by atoms with Crippen LogP contribution in [0, 0.1) is 11.6 Å². The molecular weight excluding hydrogens is 452 g/mol. The van der Waals surface area contributed by atoms with Crippen LogP contribution in [0.1, 0.15) is 27.2 Å². The summed E-state index contributed by atoms with van der Waals surface area (Å²) in [6, 6.07) is 1.25. The fraction of sp³-hybridized carbons (Fsp3) is 0.474. The fourth-order valence-corrected chi connectivity index (χ4v) is 6.83. The molecule has 2 aliphatic rings. The molecule has 1 saturated heterocycles. The number of nitrogens with two attached hydrogens (primary N) is 1. The molecule has 172 valence electrons. The summed E-state index contributed by atoms with van der Waals surface area (Å²) >= 11 is 0. The molecule has 1 heterocycles. The Hall–Kier alpha value is -1.86. The van der Waals surface area contributed by atoms with Crippen LogP contribution >= 0.6 is 0 Å². The minimum atomic E-state index is -4.61. The molecule has 1 aromatic carbocycles. The molecule has 1 aliphatic heterocycles. The van der Waals surface area contributed by atoms with Gasteiger partial charge in [0, 0.05) is 38.3 Å². The summed E-state index contributed by atoms with van der Waals surface area (Å²) in [5.41, 5.74) is 1.69. The molecule has 31 heavy (non-hydrogen) atoms. The van der Waals surface area contributed by atoms with Gasteiger partial charge in [0.05, 0.1) is 5.69 Å². The summed E-state index contributed by atoms with van der Waals surface area (Å²) in [6.45, 7) is 5.82. The van der Waals surface area contributed by atoms with Gasteiger partial charge in [0.2, 0.25) is 10.0 Å². The first-order valence-corrected chi connectivity index (χ1v) is 12.4. The van der Waals surface area contributed by atoms with Gasteiger partial charge in [-0.25, -0.2) is 17.2 Å². The first kappa shape index (κ1) is 23.8. The van der Waals surface area contributed by atoms with E-state index in [2.05, 4.69) is 10.2 Å². The zero-order valence-electron chi connectivity index (χ0n) is 17.4. The zero-order chi connectivity index (χ0) is 23.2. The van der Waals surface area contributed by atoms with Gasteiger partial charge in [0.1, 0.15) is 21.3 Å². The second-order valence-corrected chi connectivity index (χ2v) is 12.0. The number of rotatable bonds is 5. The Morgan fingerprint density at radius 3 is 2.19 bits per heavy atom. The Morgan fingerprint density at radius 2 is 1.65 bits per heavy atom. The number of anilines is 1. The number of hydrogen-bond donors (Lipinski definition) is 1. The van der Waals surface area contributed by atoms with Gasteiger partial charge in [-0.2, -0.15) is 22.9 Å². The summed E-state index contributed by atoms with van der Waals surface area (Å²) in [4.78, 5) is 0.466. The van der Waals surface area contributed by atoms with Crippen LogP contribution in [-0.4, -0.2) is 52.1 Å². The predicted molar refractivity (Wildman–Crippen MR) is 112 cm³/mol. The quantitative estimate of drug-likeness (QED) is 0.647. The molecular formula is C19H25F2N3O5S2. The minimum absolute atomic E-state index is 0.0839. The van der Waals surface area contributed by atoms with E-state index < -0.39 is 41.4 Å². The van der Waals surface area contributed by atoms with Crippen molar-refractivity contribution in [3.05, 3.63) is 47.1 Å². The summed E-state index contributed by atoms with van der Waals surface area (Å²) in [5, 5.41) is 0. The summed E-state index contributed by atoms with van der Waals surface area (Å²) < 4.78 is 82.7. The molecule has 0 radical (unpaired) electrons. The average Bonchev–Trinajstić information content (AvgIpc) is 2.68. The summed E-state index contributed by atoms with van der Waals surface area (Å²) in [6.07, 6.45) is 4.08. The highest BCUT2D eigenvalue weighted by Gasteiger charge is 2.43. The lowest BCUT2D eigenvalue weighted by Crippen LogP contribution is -2.54. The fourth-order valence-electron chi connectivity index (χ4n) is 4.20. The standard InChI is InChI=1S/C19H25F2N3O5S2/c1-13-8-14(2)12-19(3,11-13)31(27,28)24-6-4-23(5-7-24)17-9-16(21)18(10-15(17)20)30(25,26)29-22/h8-11H,4-7,12,22H2,1-3H3. The van der Waals surface area contributed by atoms with Crippen LogP contribution in [0.4, 0.5) is 14.5 Å². The number of sulfonamides is 1. The first-order chi connectivity index (χ1) is 14.3. The molecule has 8 nitrogen and oxygen atoms in total. The molecule has 12 heteroatoms. The maximum absolute atomic E-state index is 14.5. The number of piperazine rings is 1. The highest BCUT2D eigenvalue weighted by molar-refractivity contribution is 7.90. The molecule has 1 aromatic rings. The molecule has 0 bridgehead atoms. The van der Waals surface area contributed by atoms with Gasteiger partial charge in [-0.3, -0.25) is 0 Å². The topological polar surface area (TPSA) is 110 Å². The third-order valence-electron chi connectivity index (χ3n) is 5.54. The lowest BCUT2D eigenvalue weighted by Gasteiger charge is -2.40. The van der Waals surface area contributed by atoms with E-state index in [9.17, 15) is 25.6 Å². The lowest BCUT2D eigenvalue weighted by atomic mass is 9.92. The van der Waals surface area contributed by atoms with Gasteiger partial charge in [-0.15, -0.1) is 0 Å². The van der Waals surface area contributed by atoms with Crippen molar-refractivity contribution in [1.29, 1.82) is 0 Å². The Labute approximate surface area is 181 Å². The van der Waals surface area contributed by atoms with E-state index >= 15 is 0 Å². The molecule has 1 unspecified atom stereocenters. The Bertz CT molecular complexity index is 1160. The van der Waals surface area contributed by atoms with Crippen molar-refractivity contribution in [3.8, 4) is 0 Å². The SMILES string of the molecule is CC1=CC(C)(S(=O)(=O)N2CCN(c3cc(F)c(S(=O)(=O)ON)cc3F)CC2)CC(C)=C1. The number of nitrogens with zero attached hydrogens (tertiary/aromatic N) is 2. The zero-order valence-corrected chi connectivity index (χ0v) is 19.1. The van der Waals surface area contributed by atoms with E-state index in [1.54, 1.807) is 13.0 Å². The largest absolute Gasteiger partial charge is 0.366 e. The van der Waals surface area contributed by atoms with Crippen LogP contribution < -0.4 is 10.8 Å². The highest BCUT2D eigenvalue weighted by Crippen LogP contribution is 2.36. The lowest BCUT2D eigenvalue weighted by molar-refractivity contribution is 0.329. The van der Waals surface area contributed by atoms with Crippen LogP contribution in [-0.2, 0) is 24.4 Å². The average molecular weight is 478 g/mol. The third kappa shape index (κ3) is 4.40. The van der Waals surface area contributed by atoms with Crippen molar-refractivity contribution in [3.63, 3.8) is 0 Å². The van der Waals surface area contributed by atoms with E-state index in [-0.39, 0.29) is 31.9 Å².